The molecule has 1 amide bonds. The first-order valence-electron chi connectivity index (χ1n) is 5.01. The molecule has 2 heterocycles. The fourth-order valence-electron chi connectivity index (χ4n) is 2.24. The van der Waals surface area contributed by atoms with Gasteiger partial charge in [0.1, 0.15) is 5.75 Å². The molecule has 1 aromatic carbocycles. The molecule has 0 saturated carbocycles. The molecule has 0 radical (unpaired) electrons. The summed E-state index contributed by atoms with van der Waals surface area (Å²) in [5.41, 5.74) is 2.19. The van der Waals surface area contributed by atoms with Crippen LogP contribution >= 0.6 is 15.9 Å². The first kappa shape index (κ1) is 9.21. The molecule has 0 fully saturated rings. The van der Waals surface area contributed by atoms with Crippen LogP contribution in [0.3, 0.4) is 0 Å². The van der Waals surface area contributed by atoms with Crippen LogP contribution in [-0.2, 0) is 11.2 Å². The van der Waals surface area contributed by atoms with Gasteiger partial charge in [-0.2, -0.15) is 0 Å². The minimum atomic E-state index is 0.0748. The van der Waals surface area contributed by atoms with E-state index in [0.29, 0.717) is 0 Å². The summed E-state index contributed by atoms with van der Waals surface area (Å²) in [6.07, 6.45) is 2.06. The maximum Gasteiger partial charge on any atom is 0.265 e. The minimum Gasteiger partial charge on any atom is -0.482 e. The molecule has 0 saturated heterocycles. The third-order valence-electron chi connectivity index (χ3n) is 2.87. The fourth-order valence-corrected chi connectivity index (χ4v) is 2.73. The van der Waals surface area contributed by atoms with Crippen LogP contribution in [0.4, 0.5) is 5.69 Å². The van der Waals surface area contributed by atoms with E-state index in [1.54, 1.807) is 0 Å². The lowest BCUT2D eigenvalue weighted by atomic mass is 10.00. The summed E-state index contributed by atoms with van der Waals surface area (Å²) in [7, 11) is 0. The van der Waals surface area contributed by atoms with Crippen LogP contribution in [0.25, 0.3) is 0 Å². The van der Waals surface area contributed by atoms with Crippen LogP contribution in [0, 0.1) is 0 Å². The molecule has 3 rings (SSSR count). The maximum absolute atomic E-state index is 11.6. The summed E-state index contributed by atoms with van der Waals surface area (Å²) in [4.78, 5) is 13.5. The third kappa shape index (κ3) is 1.35. The Morgan fingerprint density at radius 1 is 1.40 bits per heavy atom. The molecule has 3 nitrogen and oxygen atoms in total. The summed E-state index contributed by atoms with van der Waals surface area (Å²) in [5.74, 6) is 0.907. The van der Waals surface area contributed by atoms with Gasteiger partial charge in [0.05, 0.1) is 5.69 Å². The Labute approximate surface area is 96.1 Å². The molecular weight excluding hydrogens is 258 g/mol. The highest BCUT2D eigenvalue weighted by molar-refractivity contribution is 9.10. The highest BCUT2D eigenvalue weighted by Crippen LogP contribution is 2.40. The van der Waals surface area contributed by atoms with Gasteiger partial charge in [-0.25, -0.2) is 0 Å². The Kier molecular flexibility index (Phi) is 1.99. The van der Waals surface area contributed by atoms with Crippen LogP contribution in [0.15, 0.2) is 16.6 Å². The van der Waals surface area contributed by atoms with Gasteiger partial charge in [0.2, 0.25) is 0 Å². The number of nitrogens with zero attached hydrogens (tertiary/aromatic N) is 1. The van der Waals surface area contributed by atoms with Crippen molar-refractivity contribution in [3.05, 3.63) is 22.2 Å². The second-order valence-electron chi connectivity index (χ2n) is 3.85. The van der Waals surface area contributed by atoms with E-state index in [4.69, 9.17) is 4.74 Å². The SMILES string of the molecule is O=C1COc2cc(Br)cc3c2N1CCC3. The highest BCUT2D eigenvalue weighted by atomic mass is 79.9. The molecule has 0 bridgehead atoms. The van der Waals surface area contributed by atoms with Gasteiger partial charge in [0, 0.05) is 11.0 Å². The molecule has 0 unspecified atom stereocenters. The maximum atomic E-state index is 11.6. The van der Waals surface area contributed by atoms with Crippen LogP contribution in [0.5, 0.6) is 5.75 Å². The Morgan fingerprint density at radius 2 is 2.27 bits per heavy atom. The van der Waals surface area contributed by atoms with Gasteiger partial charge in [0.25, 0.3) is 5.91 Å². The van der Waals surface area contributed by atoms with Crippen molar-refractivity contribution < 1.29 is 9.53 Å². The Balaban J connectivity index is 2.22. The lowest BCUT2D eigenvalue weighted by Crippen LogP contribution is -2.42. The van der Waals surface area contributed by atoms with Crippen molar-refractivity contribution in [3.8, 4) is 5.75 Å². The van der Waals surface area contributed by atoms with Gasteiger partial charge < -0.3 is 9.64 Å². The number of rotatable bonds is 0. The van der Waals surface area contributed by atoms with Gasteiger partial charge in [-0.3, -0.25) is 4.79 Å². The molecular formula is C11H10BrNO2. The van der Waals surface area contributed by atoms with Crippen molar-refractivity contribution in [2.75, 3.05) is 18.1 Å². The number of benzene rings is 1. The van der Waals surface area contributed by atoms with Crippen molar-refractivity contribution in [2.45, 2.75) is 12.8 Å². The summed E-state index contributed by atoms with van der Waals surface area (Å²) in [5, 5.41) is 0. The number of ether oxygens (including phenoxy) is 1. The molecule has 0 aliphatic carbocycles. The summed E-state index contributed by atoms with van der Waals surface area (Å²) >= 11 is 3.46. The highest BCUT2D eigenvalue weighted by Gasteiger charge is 2.30. The van der Waals surface area contributed by atoms with Crippen LogP contribution in [0.1, 0.15) is 12.0 Å². The van der Waals surface area contributed by atoms with Gasteiger partial charge in [-0.1, -0.05) is 15.9 Å². The van der Waals surface area contributed by atoms with Crippen molar-refractivity contribution >= 4 is 27.5 Å². The quantitative estimate of drug-likeness (QED) is 0.721. The Bertz CT molecular complexity index is 427. The summed E-state index contributed by atoms with van der Waals surface area (Å²) in [6, 6.07) is 4.01. The third-order valence-corrected chi connectivity index (χ3v) is 3.33. The van der Waals surface area contributed by atoms with E-state index >= 15 is 0 Å². The van der Waals surface area contributed by atoms with Gasteiger partial charge in [0.15, 0.2) is 6.61 Å². The zero-order valence-corrected chi connectivity index (χ0v) is 9.71. The first-order valence-corrected chi connectivity index (χ1v) is 5.80. The van der Waals surface area contributed by atoms with Gasteiger partial charge in [-0.05, 0) is 30.5 Å². The fraction of sp³-hybridized carbons (Fsp3) is 0.364. The number of anilines is 1. The van der Waals surface area contributed by atoms with Gasteiger partial charge in [-0.15, -0.1) is 0 Å². The second kappa shape index (κ2) is 3.23. The number of hydrogen-bond donors (Lipinski definition) is 0. The second-order valence-corrected chi connectivity index (χ2v) is 4.76. The smallest absolute Gasteiger partial charge is 0.265 e. The number of carbonyl (C=O) groups is 1. The van der Waals surface area contributed by atoms with E-state index in [2.05, 4.69) is 22.0 Å². The first-order chi connectivity index (χ1) is 7.25. The predicted octanol–water partition coefficient (Wildman–Crippen LogP) is 2.12. The summed E-state index contributed by atoms with van der Waals surface area (Å²) < 4.78 is 6.46. The molecule has 0 N–H and O–H groups in total. The predicted molar refractivity (Wildman–Crippen MR) is 60.3 cm³/mol. The van der Waals surface area contributed by atoms with Gasteiger partial charge >= 0.3 is 0 Å². The molecule has 0 aromatic heterocycles. The van der Waals surface area contributed by atoms with Crippen LogP contribution in [-0.4, -0.2) is 19.1 Å². The van der Waals surface area contributed by atoms with Crippen molar-refractivity contribution in [2.24, 2.45) is 0 Å². The van der Waals surface area contributed by atoms with Crippen molar-refractivity contribution in [1.29, 1.82) is 0 Å². The summed E-state index contributed by atoms with van der Waals surface area (Å²) in [6.45, 7) is 0.993. The average molecular weight is 268 g/mol. The number of aryl methyl sites for hydroxylation is 1. The largest absolute Gasteiger partial charge is 0.482 e. The van der Waals surface area contributed by atoms with E-state index in [1.165, 1.54) is 5.56 Å². The monoisotopic (exact) mass is 267 g/mol. The normalized spacial score (nSPS) is 18.5. The standard InChI is InChI=1S/C11H10BrNO2/c12-8-4-7-2-1-3-13-10(14)6-15-9(5-8)11(7)13/h4-5H,1-3,6H2. The molecule has 0 atom stereocenters. The lowest BCUT2D eigenvalue weighted by Gasteiger charge is -2.34. The average Bonchev–Trinajstić information content (AvgIpc) is 2.23. The molecule has 2 aliphatic rings. The zero-order valence-electron chi connectivity index (χ0n) is 8.12. The number of hydrogen-bond acceptors (Lipinski definition) is 2. The Hall–Kier alpha value is -1.03. The van der Waals surface area contributed by atoms with Crippen molar-refractivity contribution in [3.63, 3.8) is 0 Å². The number of carbonyl (C=O) groups excluding carboxylic acids is 1. The Morgan fingerprint density at radius 3 is 3.13 bits per heavy atom. The molecule has 4 heteroatoms. The van der Waals surface area contributed by atoms with Crippen LogP contribution in [0.2, 0.25) is 0 Å². The minimum absolute atomic E-state index is 0.0748. The zero-order chi connectivity index (χ0) is 10.4. The van der Waals surface area contributed by atoms with E-state index in [9.17, 15) is 4.79 Å². The molecule has 0 spiro atoms. The van der Waals surface area contributed by atoms with E-state index in [-0.39, 0.29) is 12.5 Å². The van der Waals surface area contributed by atoms with Crippen LogP contribution < -0.4 is 9.64 Å². The molecule has 1 aromatic rings. The van der Waals surface area contributed by atoms with Crippen molar-refractivity contribution in [1.82, 2.24) is 0 Å². The topological polar surface area (TPSA) is 29.5 Å². The van der Waals surface area contributed by atoms with E-state index in [1.807, 2.05) is 11.0 Å². The lowest BCUT2D eigenvalue weighted by molar-refractivity contribution is -0.121. The molecule has 2 aliphatic heterocycles. The van der Waals surface area contributed by atoms with E-state index < -0.39 is 0 Å². The number of halogens is 1. The number of amides is 1. The molecule has 78 valence electrons. The molecule has 15 heavy (non-hydrogen) atoms. The van der Waals surface area contributed by atoms with E-state index in [0.717, 1.165) is 35.3 Å².